The lowest BCUT2D eigenvalue weighted by molar-refractivity contribution is -0.351. The summed E-state index contributed by atoms with van der Waals surface area (Å²) in [6, 6.07) is 0. The van der Waals surface area contributed by atoms with Crippen molar-refractivity contribution in [3.05, 3.63) is 0 Å². The maximum Gasteiger partial charge on any atom is -0.0131 e. The second kappa shape index (κ2) is 3.73. The van der Waals surface area contributed by atoms with Crippen LogP contribution < -0.4 is 0 Å². The van der Waals surface area contributed by atoms with Gasteiger partial charge >= 0.3 is 0 Å². The van der Waals surface area contributed by atoms with Crippen molar-refractivity contribution in [1.29, 1.82) is 0 Å². The van der Waals surface area contributed by atoms with Gasteiger partial charge in [0.15, 0.2) is 0 Å². The third-order valence-corrected chi connectivity index (χ3v) is 17.2. The molecule has 29 heavy (non-hydrogen) atoms. The SMILES string of the molecule is CC1CC2(C)C3C4C5C(C)C6(C)C37CC1C2(C)C7(C)C4(C)C5(C)C6(C)C(C)(C)C. The minimum Gasteiger partial charge on any atom is -0.0622 e. The third-order valence-electron chi connectivity index (χ3n) is 17.2. The first-order valence-electron chi connectivity index (χ1n) is 13.0. The maximum atomic E-state index is 2.89. The summed E-state index contributed by atoms with van der Waals surface area (Å²) < 4.78 is 0. The van der Waals surface area contributed by atoms with E-state index < -0.39 is 0 Å². The fourth-order valence-electron chi connectivity index (χ4n) is 16.7. The Kier molecular flexibility index (Phi) is 2.39. The van der Waals surface area contributed by atoms with Crippen molar-refractivity contribution < 1.29 is 0 Å². The molecular weight excluding hydrogens is 348 g/mol. The molecule has 8 fully saturated rings. The van der Waals surface area contributed by atoms with Gasteiger partial charge in [-0.1, -0.05) is 83.1 Å². The quantitative estimate of drug-likeness (QED) is 0.395. The topological polar surface area (TPSA) is 0 Å². The van der Waals surface area contributed by atoms with Gasteiger partial charge in [0.05, 0.1) is 0 Å². The first kappa shape index (κ1) is 18.6. The second-order valence-corrected chi connectivity index (χ2v) is 16.0. The smallest absolute Gasteiger partial charge is 0.0131 e. The molecule has 8 aliphatic carbocycles. The molecule has 1 spiro atoms. The van der Waals surface area contributed by atoms with Gasteiger partial charge in [-0.2, -0.15) is 0 Å². The molecule has 14 unspecified atom stereocenters. The molecule has 14 atom stereocenters. The third kappa shape index (κ3) is 0.926. The van der Waals surface area contributed by atoms with E-state index in [0.717, 1.165) is 35.5 Å². The maximum absolute atomic E-state index is 2.89. The van der Waals surface area contributed by atoms with Crippen LogP contribution in [0.2, 0.25) is 0 Å². The molecule has 8 rings (SSSR count). The molecule has 0 aromatic rings. The molecule has 0 aromatic carbocycles. The summed E-state index contributed by atoms with van der Waals surface area (Å²) in [5, 5.41) is 0. The van der Waals surface area contributed by atoms with E-state index in [0.29, 0.717) is 48.7 Å². The zero-order chi connectivity index (χ0) is 21.4. The standard InChI is InChI=1S/C29H46/c1-15-13-22(6)20-19-18-16(2)23(7)27(11,21(3,4)5)25(18,9)26(19,10)28(12)24(22,8)17(15)14-29(20,23)28/h15-20H,13-14H2,1-12H3. The first-order valence-corrected chi connectivity index (χ1v) is 13.0. The molecule has 0 N–H and O–H groups in total. The Bertz CT molecular complexity index is 909. The van der Waals surface area contributed by atoms with Crippen LogP contribution in [0.4, 0.5) is 0 Å². The molecule has 9 bridgehead atoms. The van der Waals surface area contributed by atoms with E-state index in [1.807, 2.05) is 0 Å². The van der Waals surface area contributed by atoms with Gasteiger partial charge in [0.2, 0.25) is 0 Å². The Hall–Kier alpha value is 0. The van der Waals surface area contributed by atoms with Crippen molar-refractivity contribution in [2.45, 2.75) is 95.9 Å². The molecule has 8 saturated carbocycles. The van der Waals surface area contributed by atoms with Crippen molar-refractivity contribution in [1.82, 2.24) is 0 Å². The van der Waals surface area contributed by atoms with E-state index in [1.165, 1.54) is 6.42 Å². The molecule has 162 valence electrons. The number of rotatable bonds is 0. The van der Waals surface area contributed by atoms with Crippen molar-refractivity contribution in [3.8, 4) is 0 Å². The average molecular weight is 395 g/mol. The summed E-state index contributed by atoms with van der Waals surface area (Å²) in [4.78, 5) is 0. The van der Waals surface area contributed by atoms with E-state index in [9.17, 15) is 0 Å². The molecule has 0 heterocycles. The van der Waals surface area contributed by atoms with Crippen LogP contribution in [-0.2, 0) is 0 Å². The molecule has 0 nitrogen and oxygen atoms in total. The predicted octanol–water partition coefficient (Wildman–Crippen LogP) is 7.68. The normalized spacial score (nSPS) is 79.9. The highest BCUT2D eigenvalue weighted by Crippen LogP contribution is 3.13. The lowest BCUT2D eigenvalue weighted by Crippen LogP contribution is -2.78. The van der Waals surface area contributed by atoms with Crippen molar-refractivity contribution in [3.63, 3.8) is 0 Å². The molecule has 0 aromatic heterocycles. The molecule has 0 radical (unpaired) electrons. The Morgan fingerprint density at radius 2 is 1.28 bits per heavy atom. The molecule has 0 amide bonds. The zero-order valence-electron chi connectivity index (χ0n) is 21.4. The van der Waals surface area contributed by atoms with E-state index >= 15 is 0 Å². The van der Waals surface area contributed by atoms with Gasteiger partial charge in [0.25, 0.3) is 0 Å². The lowest BCUT2D eigenvalue weighted by Gasteiger charge is -2.81. The molecule has 0 heteroatoms. The highest BCUT2D eigenvalue weighted by molar-refractivity contribution is 5.56. The van der Waals surface area contributed by atoms with Crippen LogP contribution in [0.15, 0.2) is 0 Å². The Balaban J connectivity index is 1.69. The van der Waals surface area contributed by atoms with Gasteiger partial charge in [-0.25, -0.2) is 0 Å². The predicted molar refractivity (Wildman–Crippen MR) is 120 cm³/mol. The fourth-order valence-corrected chi connectivity index (χ4v) is 16.7. The van der Waals surface area contributed by atoms with Crippen LogP contribution in [0.1, 0.15) is 95.9 Å². The summed E-state index contributed by atoms with van der Waals surface area (Å²) >= 11 is 0. The largest absolute Gasteiger partial charge is 0.0622 e. The van der Waals surface area contributed by atoms with Crippen molar-refractivity contribution in [2.75, 3.05) is 0 Å². The van der Waals surface area contributed by atoms with Crippen molar-refractivity contribution >= 4 is 0 Å². The van der Waals surface area contributed by atoms with Gasteiger partial charge in [0.1, 0.15) is 0 Å². The van der Waals surface area contributed by atoms with E-state index in [-0.39, 0.29) is 0 Å². The number of hydrogen-bond acceptors (Lipinski definition) is 0. The Morgan fingerprint density at radius 3 is 1.83 bits per heavy atom. The Labute approximate surface area is 180 Å². The van der Waals surface area contributed by atoms with Crippen LogP contribution in [-0.4, -0.2) is 0 Å². The van der Waals surface area contributed by atoms with Crippen LogP contribution >= 0.6 is 0 Å². The summed E-state index contributed by atoms with van der Waals surface area (Å²) in [5.41, 5.74) is 4.43. The van der Waals surface area contributed by atoms with Crippen LogP contribution in [0.5, 0.6) is 0 Å². The first-order chi connectivity index (χ1) is 13.0. The fraction of sp³-hybridized carbons (Fsp3) is 1.00. The van der Waals surface area contributed by atoms with E-state index in [2.05, 4.69) is 83.1 Å². The monoisotopic (exact) mass is 394 g/mol. The highest BCUT2D eigenvalue weighted by atomic mass is 15.1. The highest BCUT2D eigenvalue weighted by Gasteiger charge is 3.09. The van der Waals surface area contributed by atoms with Crippen molar-refractivity contribution in [2.24, 2.45) is 84.2 Å². The summed E-state index contributed by atoms with van der Waals surface area (Å²) in [6.07, 6.45) is 3.08. The van der Waals surface area contributed by atoms with Gasteiger partial charge in [0, 0.05) is 0 Å². The van der Waals surface area contributed by atoms with Gasteiger partial charge in [-0.15, -0.1) is 0 Å². The van der Waals surface area contributed by atoms with Gasteiger partial charge in [-0.05, 0) is 97.1 Å². The molecular formula is C29H46. The minimum absolute atomic E-state index is 0.351. The lowest BCUT2D eigenvalue weighted by atomic mass is 9.22. The van der Waals surface area contributed by atoms with E-state index in [4.69, 9.17) is 0 Å². The minimum atomic E-state index is 0.351. The second-order valence-electron chi connectivity index (χ2n) is 16.0. The van der Waals surface area contributed by atoms with Gasteiger partial charge in [-0.3, -0.25) is 0 Å². The van der Waals surface area contributed by atoms with E-state index in [1.54, 1.807) is 6.42 Å². The zero-order valence-corrected chi connectivity index (χ0v) is 21.4. The Morgan fingerprint density at radius 1 is 0.690 bits per heavy atom. The molecule has 8 aliphatic rings. The summed E-state index contributed by atoms with van der Waals surface area (Å²) in [7, 11) is 0. The molecule has 0 saturated heterocycles. The summed E-state index contributed by atoms with van der Waals surface area (Å²) in [6.45, 7) is 33.0. The number of hydrogen-bond donors (Lipinski definition) is 0. The van der Waals surface area contributed by atoms with Crippen LogP contribution in [0.25, 0.3) is 0 Å². The van der Waals surface area contributed by atoms with Crippen LogP contribution in [0.3, 0.4) is 0 Å². The van der Waals surface area contributed by atoms with Crippen LogP contribution in [0, 0.1) is 84.2 Å². The average Bonchev–Trinajstić information content (AvgIpc) is 3.02. The summed E-state index contributed by atoms with van der Waals surface area (Å²) in [5.74, 6) is 5.70. The molecule has 0 aliphatic heterocycles. The van der Waals surface area contributed by atoms with Gasteiger partial charge < -0.3 is 0 Å².